The number of hydrogen-bond donors (Lipinski definition) is 2. The molecule has 2 unspecified atom stereocenters. The molecular formula is C17H26N2O3S. The summed E-state index contributed by atoms with van der Waals surface area (Å²) in [5.41, 5.74) is 1.21. The van der Waals surface area contributed by atoms with Crippen LogP contribution in [-0.2, 0) is 10.0 Å². The van der Waals surface area contributed by atoms with Gasteiger partial charge >= 0.3 is 0 Å². The van der Waals surface area contributed by atoms with E-state index in [4.69, 9.17) is 0 Å². The van der Waals surface area contributed by atoms with E-state index in [1.165, 1.54) is 18.6 Å². The van der Waals surface area contributed by atoms with Gasteiger partial charge in [-0.25, -0.2) is 13.1 Å². The van der Waals surface area contributed by atoms with Gasteiger partial charge in [0.25, 0.3) is 5.91 Å². The predicted molar refractivity (Wildman–Crippen MR) is 90.9 cm³/mol. The molecule has 2 rings (SSSR count). The lowest BCUT2D eigenvalue weighted by Crippen LogP contribution is -2.38. The average molecular weight is 338 g/mol. The van der Waals surface area contributed by atoms with Crippen molar-refractivity contribution in [2.75, 3.05) is 6.54 Å². The molecule has 1 aliphatic carbocycles. The van der Waals surface area contributed by atoms with Crippen molar-refractivity contribution in [3.63, 3.8) is 0 Å². The number of hydrogen-bond acceptors (Lipinski definition) is 3. The molecule has 0 aromatic heterocycles. The minimum atomic E-state index is -3.55. The van der Waals surface area contributed by atoms with Crippen LogP contribution in [0.25, 0.3) is 0 Å². The molecule has 0 aliphatic heterocycles. The van der Waals surface area contributed by atoms with Crippen LogP contribution in [0.3, 0.4) is 0 Å². The Kier molecular flexibility index (Phi) is 5.81. The van der Waals surface area contributed by atoms with Crippen molar-refractivity contribution in [1.82, 2.24) is 10.0 Å². The highest BCUT2D eigenvalue weighted by Crippen LogP contribution is 2.24. The van der Waals surface area contributed by atoms with Gasteiger partial charge in [0.1, 0.15) is 0 Å². The Balaban J connectivity index is 2.19. The molecule has 128 valence electrons. The second-order valence-electron chi connectivity index (χ2n) is 6.42. The second-order valence-corrected chi connectivity index (χ2v) is 8.19. The minimum Gasteiger partial charge on any atom is -0.349 e. The van der Waals surface area contributed by atoms with E-state index >= 15 is 0 Å². The molecular weight excluding hydrogens is 312 g/mol. The van der Waals surface area contributed by atoms with E-state index in [2.05, 4.69) is 17.0 Å². The number of rotatable bonds is 5. The van der Waals surface area contributed by atoms with Gasteiger partial charge in [0.2, 0.25) is 10.0 Å². The fourth-order valence-electron chi connectivity index (χ4n) is 3.11. The SMILES string of the molecule is CCNS(=O)(=O)c1ccc(C)c(C(=O)NC2CCCC(C)C2)c1. The molecule has 1 amide bonds. The van der Waals surface area contributed by atoms with Crippen LogP contribution < -0.4 is 10.0 Å². The molecule has 0 spiro atoms. The maximum atomic E-state index is 12.6. The Labute approximate surface area is 138 Å². The third kappa shape index (κ3) is 4.54. The molecule has 2 N–H and O–H groups in total. The molecule has 6 heteroatoms. The summed E-state index contributed by atoms with van der Waals surface area (Å²) in [4.78, 5) is 12.7. The number of sulfonamides is 1. The lowest BCUT2D eigenvalue weighted by Gasteiger charge is -2.27. The summed E-state index contributed by atoms with van der Waals surface area (Å²) in [5.74, 6) is 0.436. The molecule has 0 bridgehead atoms. The van der Waals surface area contributed by atoms with Crippen LogP contribution in [0.5, 0.6) is 0 Å². The summed E-state index contributed by atoms with van der Waals surface area (Å²) in [6.07, 6.45) is 4.31. The monoisotopic (exact) mass is 338 g/mol. The molecule has 1 saturated carbocycles. The first-order chi connectivity index (χ1) is 10.8. The first kappa shape index (κ1) is 17.9. The Bertz CT molecular complexity index is 670. The van der Waals surface area contributed by atoms with Gasteiger partial charge in [-0.1, -0.05) is 32.8 Å². The van der Waals surface area contributed by atoms with Crippen molar-refractivity contribution in [3.8, 4) is 0 Å². The van der Waals surface area contributed by atoms with E-state index in [1.54, 1.807) is 13.0 Å². The molecule has 1 aliphatic rings. The van der Waals surface area contributed by atoms with Crippen molar-refractivity contribution in [1.29, 1.82) is 0 Å². The van der Waals surface area contributed by atoms with Gasteiger partial charge in [0.15, 0.2) is 0 Å². The maximum absolute atomic E-state index is 12.6. The van der Waals surface area contributed by atoms with Crippen LogP contribution in [0.4, 0.5) is 0 Å². The molecule has 1 fully saturated rings. The first-order valence-corrected chi connectivity index (χ1v) is 9.73. The van der Waals surface area contributed by atoms with Crippen molar-refractivity contribution >= 4 is 15.9 Å². The van der Waals surface area contributed by atoms with Gasteiger partial charge in [-0.3, -0.25) is 4.79 Å². The first-order valence-electron chi connectivity index (χ1n) is 8.24. The lowest BCUT2D eigenvalue weighted by molar-refractivity contribution is 0.0920. The highest BCUT2D eigenvalue weighted by molar-refractivity contribution is 7.89. The van der Waals surface area contributed by atoms with Crippen LogP contribution in [0.15, 0.2) is 23.1 Å². The summed E-state index contributed by atoms with van der Waals surface area (Å²) in [6, 6.07) is 4.87. The number of carbonyl (C=O) groups is 1. The summed E-state index contributed by atoms with van der Waals surface area (Å²) in [5, 5.41) is 3.06. The van der Waals surface area contributed by atoms with E-state index in [9.17, 15) is 13.2 Å². The van der Waals surface area contributed by atoms with Gasteiger partial charge in [0.05, 0.1) is 4.90 Å². The van der Waals surface area contributed by atoms with Gasteiger partial charge in [-0.05, 0) is 43.4 Å². The minimum absolute atomic E-state index is 0.132. The quantitative estimate of drug-likeness (QED) is 0.866. The highest BCUT2D eigenvalue weighted by Gasteiger charge is 2.23. The Hall–Kier alpha value is -1.40. The zero-order valence-electron chi connectivity index (χ0n) is 14.1. The largest absolute Gasteiger partial charge is 0.349 e. The smallest absolute Gasteiger partial charge is 0.251 e. The van der Waals surface area contributed by atoms with Crippen LogP contribution in [0, 0.1) is 12.8 Å². The van der Waals surface area contributed by atoms with Gasteiger partial charge in [-0.2, -0.15) is 0 Å². The van der Waals surface area contributed by atoms with Crippen LogP contribution in [0.1, 0.15) is 55.5 Å². The van der Waals surface area contributed by atoms with E-state index < -0.39 is 10.0 Å². The van der Waals surface area contributed by atoms with E-state index in [0.717, 1.165) is 24.8 Å². The zero-order valence-corrected chi connectivity index (χ0v) is 14.9. The van der Waals surface area contributed by atoms with Gasteiger partial charge in [-0.15, -0.1) is 0 Å². The lowest BCUT2D eigenvalue weighted by atomic mass is 9.87. The van der Waals surface area contributed by atoms with E-state index in [1.807, 2.05) is 6.92 Å². The van der Waals surface area contributed by atoms with Gasteiger partial charge < -0.3 is 5.32 Å². The standard InChI is InChI=1S/C17H26N2O3S/c1-4-18-23(21,22)15-9-8-13(3)16(11-15)17(20)19-14-7-5-6-12(2)10-14/h8-9,11-12,14,18H,4-7,10H2,1-3H3,(H,19,20). The van der Waals surface area contributed by atoms with Crippen molar-refractivity contribution in [3.05, 3.63) is 29.3 Å². The second kappa shape index (κ2) is 7.45. The summed E-state index contributed by atoms with van der Waals surface area (Å²) in [6.45, 7) is 6.07. The fourth-order valence-corrected chi connectivity index (χ4v) is 4.18. The Morgan fingerprint density at radius 1 is 1.30 bits per heavy atom. The number of amides is 1. The Morgan fingerprint density at radius 3 is 2.70 bits per heavy atom. The van der Waals surface area contributed by atoms with Crippen molar-refractivity contribution < 1.29 is 13.2 Å². The van der Waals surface area contributed by atoms with Gasteiger partial charge in [0, 0.05) is 18.2 Å². The molecule has 0 saturated heterocycles. The zero-order chi connectivity index (χ0) is 17.0. The third-order valence-corrected chi connectivity index (χ3v) is 5.91. The number of nitrogens with one attached hydrogen (secondary N) is 2. The highest BCUT2D eigenvalue weighted by atomic mass is 32.2. The predicted octanol–water partition coefficient (Wildman–Crippen LogP) is 2.60. The Morgan fingerprint density at radius 2 is 2.04 bits per heavy atom. The number of aryl methyl sites for hydroxylation is 1. The molecule has 23 heavy (non-hydrogen) atoms. The molecule has 0 heterocycles. The van der Waals surface area contributed by atoms with E-state index in [-0.39, 0.29) is 16.8 Å². The number of carbonyl (C=O) groups excluding carboxylic acids is 1. The summed E-state index contributed by atoms with van der Waals surface area (Å²) < 4.78 is 26.7. The van der Waals surface area contributed by atoms with Crippen molar-refractivity contribution in [2.45, 2.75) is 57.4 Å². The normalized spacial score (nSPS) is 21.9. The fraction of sp³-hybridized carbons (Fsp3) is 0.588. The summed E-state index contributed by atoms with van der Waals surface area (Å²) in [7, 11) is -3.55. The molecule has 0 radical (unpaired) electrons. The third-order valence-electron chi connectivity index (χ3n) is 4.37. The molecule has 1 aromatic carbocycles. The summed E-state index contributed by atoms with van der Waals surface area (Å²) >= 11 is 0. The topological polar surface area (TPSA) is 75.3 Å². The van der Waals surface area contributed by atoms with Crippen LogP contribution in [-0.4, -0.2) is 26.9 Å². The maximum Gasteiger partial charge on any atom is 0.251 e. The van der Waals surface area contributed by atoms with Crippen LogP contribution in [0.2, 0.25) is 0 Å². The molecule has 2 atom stereocenters. The van der Waals surface area contributed by atoms with E-state index in [0.29, 0.717) is 18.0 Å². The average Bonchev–Trinajstić information content (AvgIpc) is 2.47. The van der Waals surface area contributed by atoms with Crippen LogP contribution >= 0.6 is 0 Å². The number of benzene rings is 1. The van der Waals surface area contributed by atoms with Crippen molar-refractivity contribution in [2.24, 2.45) is 5.92 Å². The molecule has 5 nitrogen and oxygen atoms in total. The molecule has 1 aromatic rings.